The number of pyridine rings is 1. The van der Waals surface area contributed by atoms with E-state index in [0.29, 0.717) is 16.9 Å². The van der Waals surface area contributed by atoms with Crippen LogP contribution in [0.5, 0.6) is 0 Å². The lowest BCUT2D eigenvalue weighted by molar-refractivity contribution is 0.272. The van der Waals surface area contributed by atoms with Gasteiger partial charge in [0.05, 0.1) is 5.02 Å². The summed E-state index contributed by atoms with van der Waals surface area (Å²) in [6, 6.07) is 3.70. The summed E-state index contributed by atoms with van der Waals surface area (Å²) >= 11 is 12.1. The van der Waals surface area contributed by atoms with Crippen LogP contribution in [0.15, 0.2) is 18.3 Å². The Kier molecular flexibility index (Phi) is 4.93. The van der Waals surface area contributed by atoms with Crippen LogP contribution in [0, 0.1) is 11.8 Å². The van der Waals surface area contributed by atoms with E-state index in [-0.39, 0.29) is 0 Å². The first-order valence-corrected chi connectivity index (χ1v) is 7.13. The molecule has 0 aromatic carbocycles. The smallest absolute Gasteiger partial charge is 0.144 e. The zero-order valence-electron chi connectivity index (χ0n) is 9.83. The zero-order chi connectivity index (χ0) is 12.1. The minimum atomic E-state index is 0.639. The van der Waals surface area contributed by atoms with Crippen LogP contribution in [0.3, 0.4) is 0 Å². The van der Waals surface area contributed by atoms with Crippen LogP contribution in [0.25, 0.3) is 0 Å². The molecule has 1 heterocycles. The van der Waals surface area contributed by atoms with Crippen LogP contribution in [-0.4, -0.2) is 17.4 Å². The maximum absolute atomic E-state index is 6.06. The molecule has 1 fully saturated rings. The monoisotopic (exact) mass is 272 g/mol. The molecule has 2 unspecified atom stereocenters. The molecule has 94 valence electrons. The van der Waals surface area contributed by atoms with Gasteiger partial charge >= 0.3 is 0 Å². The van der Waals surface area contributed by atoms with Gasteiger partial charge in [0.2, 0.25) is 0 Å². The molecule has 0 spiro atoms. The first kappa shape index (κ1) is 13.0. The lowest BCUT2D eigenvalue weighted by Crippen LogP contribution is -2.27. The van der Waals surface area contributed by atoms with Gasteiger partial charge in [-0.1, -0.05) is 24.4 Å². The number of rotatable bonds is 4. The van der Waals surface area contributed by atoms with Gasteiger partial charge in [-0.25, -0.2) is 4.98 Å². The van der Waals surface area contributed by atoms with Gasteiger partial charge in [0, 0.05) is 18.6 Å². The van der Waals surface area contributed by atoms with Crippen molar-refractivity contribution in [3.8, 4) is 0 Å². The molecule has 4 heteroatoms. The van der Waals surface area contributed by atoms with Gasteiger partial charge in [-0.05, 0) is 36.8 Å². The summed E-state index contributed by atoms with van der Waals surface area (Å²) in [5, 5.41) is 4.03. The van der Waals surface area contributed by atoms with Gasteiger partial charge in [-0.15, -0.1) is 11.6 Å². The molecular formula is C13H18Cl2N2. The first-order valence-electron chi connectivity index (χ1n) is 6.21. The van der Waals surface area contributed by atoms with E-state index in [1.807, 2.05) is 12.1 Å². The third-order valence-electron chi connectivity index (χ3n) is 3.55. The quantitative estimate of drug-likeness (QED) is 0.832. The molecule has 1 N–H and O–H groups in total. The Morgan fingerprint density at radius 1 is 1.29 bits per heavy atom. The van der Waals surface area contributed by atoms with Crippen molar-refractivity contribution in [3.63, 3.8) is 0 Å². The molecule has 1 saturated carbocycles. The number of hydrogen-bond acceptors (Lipinski definition) is 2. The van der Waals surface area contributed by atoms with Gasteiger partial charge in [-0.2, -0.15) is 0 Å². The van der Waals surface area contributed by atoms with Crippen molar-refractivity contribution in [3.05, 3.63) is 23.4 Å². The van der Waals surface area contributed by atoms with Crippen LogP contribution in [-0.2, 0) is 0 Å². The molecule has 1 aromatic rings. The molecule has 1 aliphatic carbocycles. The molecule has 0 amide bonds. The molecular weight excluding hydrogens is 255 g/mol. The molecule has 0 bridgehead atoms. The molecule has 1 aromatic heterocycles. The number of nitrogens with one attached hydrogen (secondary N) is 1. The van der Waals surface area contributed by atoms with Crippen molar-refractivity contribution < 1.29 is 0 Å². The van der Waals surface area contributed by atoms with Gasteiger partial charge in [0.1, 0.15) is 5.82 Å². The van der Waals surface area contributed by atoms with Crippen LogP contribution >= 0.6 is 23.2 Å². The number of hydrogen-bond donors (Lipinski definition) is 1. The lowest BCUT2D eigenvalue weighted by atomic mass is 9.80. The average Bonchev–Trinajstić information content (AvgIpc) is 2.38. The van der Waals surface area contributed by atoms with Crippen molar-refractivity contribution in [2.75, 3.05) is 17.7 Å². The van der Waals surface area contributed by atoms with Crippen LogP contribution in [0.2, 0.25) is 5.02 Å². The fourth-order valence-corrected chi connectivity index (χ4v) is 3.09. The van der Waals surface area contributed by atoms with E-state index in [2.05, 4.69) is 10.3 Å². The highest BCUT2D eigenvalue weighted by Gasteiger charge is 2.24. The molecule has 2 nitrogen and oxygen atoms in total. The number of anilines is 1. The van der Waals surface area contributed by atoms with Gasteiger partial charge < -0.3 is 5.32 Å². The van der Waals surface area contributed by atoms with Crippen LogP contribution in [0.1, 0.15) is 25.7 Å². The molecule has 2 rings (SSSR count). The summed E-state index contributed by atoms with van der Waals surface area (Å²) in [7, 11) is 0. The van der Waals surface area contributed by atoms with Gasteiger partial charge in [0.15, 0.2) is 0 Å². The zero-order valence-corrected chi connectivity index (χ0v) is 11.3. The molecule has 17 heavy (non-hydrogen) atoms. The minimum absolute atomic E-state index is 0.639. The highest BCUT2D eigenvalue weighted by Crippen LogP contribution is 2.31. The predicted octanol–water partition coefficient (Wildman–Crippen LogP) is 4.19. The van der Waals surface area contributed by atoms with Gasteiger partial charge in [0.25, 0.3) is 0 Å². The van der Waals surface area contributed by atoms with Crippen molar-refractivity contribution in [2.24, 2.45) is 11.8 Å². The normalized spacial score (nSPS) is 24.6. The average molecular weight is 273 g/mol. The van der Waals surface area contributed by atoms with E-state index in [1.165, 1.54) is 25.7 Å². The third kappa shape index (κ3) is 3.49. The van der Waals surface area contributed by atoms with Crippen LogP contribution in [0.4, 0.5) is 5.82 Å². The summed E-state index contributed by atoms with van der Waals surface area (Å²) in [4.78, 5) is 4.24. The van der Waals surface area contributed by atoms with E-state index in [4.69, 9.17) is 23.2 Å². The number of halogens is 2. The Balaban J connectivity index is 1.90. The Morgan fingerprint density at radius 2 is 2.06 bits per heavy atom. The second kappa shape index (κ2) is 6.46. The summed E-state index contributed by atoms with van der Waals surface area (Å²) in [5.74, 6) is 2.84. The Morgan fingerprint density at radius 3 is 2.76 bits per heavy atom. The van der Waals surface area contributed by atoms with Crippen LogP contribution < -0.4 is 5.32 Å². The van der Waals surface area contributed by atoms with Crippen molar-refractivity contribution in [1.29, 1.82) is 0 Å². The van der Waals surface area contributed by atoms with E-state index in [9.17, 15) is 0 Å². The SMILES string of the molecule is ClCC1CCCCC1CNc1ncccc1Cl. The Hall–Kier alpha value is -0.470. The Labute approximate surface area is 113 Å². The fourth-order valence-electron chi connectivity index (χ4n) is 2.50. The van der Waals surface area contributed by atoms with Crippen molar-refractivity contribution in [2.45, 2.75) is 25.7 Å². The highest BCUT2D eigenvalue weighted by molar-refractivity contribution is 6.32. The van der Waals surface area contributed by atoms with Gasteiger partial charge in [-0.3, -0.25) is 0 Å². The molecule has 2 atom stereocenters. The topological polar surface area (TPSA) is 24.9 Å². The molecule has 0 aliphatic heterocycles. The third-order valence-corrected chi connectivity index (χ3v) is 4.26. The predicted molar refractivity (Wildman–Crippen MR) is 73.9 cm³/mol. The second-order valence-corrected chi connectivity index (χ2v) is 5.39. The van der Waals surface area contributed by atoms with Crippen molar-refractivity contribution in [1.82, 2.24) is 4.98 Å². The summed E-state index contributed by atoms with van der Waals surface area (Å²) < 4.78 is 0. The van der Waals surface area contributed by atoms with E-state index < -0.39 is 0 Å². The molecule has 1 aliphatic rings. The number of nitrogens with zero attached hydrogens (tertiary/aromatic N) is 1. The van der Waals surface area contributed by atoms with E-state index in [0.717, 1.165) is 18.2 Å². The minimum Gasteiger partial charge on any atom is -0.369 e. The first-order chi connectivity index (χ1) is 8.31. The second-order valence-electron chi connectivity index (χ2n) is 4.67. The summed E-state index contributed by atoms with van der Waals surface area (Å²) in [6.07, 6.45) is 6.91. The molecule has 0 radical (unpaired) electrons. The largest absolute Gasteiger partial charge is 0.369 e. The lowest BCUT2D eigenvalue weighted by Gasteiger charge is -2.30. The van der Waals surface area contributed by atoms with E-state index in [1.54, 1.807) is 6.20 Å². The standard InChI is InChI=1S/C13H18Cl2N2/c14-8-10-4-1-2-5-11(10)9-17-13-12(15)6-3-7-16-13/h3,6-7,10-11H,1-2,4-5,8-9H2,(H,16,17). The summed E-state index contributed by atoms with van der Waals surface area (Å²) in [5.41, 5.74) is 0. The number of alkyl halides is 1. The van der Waals surface area contributed by atoms with Crippen molar-refractivity contribution >= 4 is 29.0 Å². The summed E-state index contributed by atoms with van der Waals surface area (Å²) in [6.45, 7) is 0.925. The maximum atomic E-state index is 6.06. The number of aromatic nitrogens is 1. The highest BCUT2D eigenvalue weighted by atomic mass is 35.5. The Bertz CT molecular complexity index is 357. The maximum Gasteiger partial charge on any atom is 0.144 e. The fraction of sp³-hybridized carbons (Fsp3) is 0.615. The molecule has 0 saturated heterocycles. The van der Waals surface area contributed by atoms with E-state index >= 15 is 0 Å².